The minimum atomic E-state index is -0.462. The smallest absolute Gasteiger partial charge is 0.225 e. The topological polar surface area (TPSA) is 61.6 Å². The van der Waals surface area contributed by atoms with Gasteiger partial charge in [0.05, 0.1) is 6.42 Å². The largest absolute Gasteiger partial charge is 0.453 e. The summed E-state index contributed by atoms with van der Waals surface area (Å²) in [6.45, 7) is 0. The SMILES string of the molecule is NC(=O)CC1=C(c2ccccc2)Oc2ccccc2O1. The molecule has 0 bridgehead atoms. The van der Waals surface area contributed by atoms with Crippen molar-refractivity contribution in [1.29, 1.82) is 0 Å². The van der Waals surface area contributed by atoms with Crippen LogP contribution in [0.3, 0.4) is 0 Å². The Morgan fingerprint density at radius 2 is 1.50 bits per heavy atom. The lowest BCUT2D eigenvalue weighted by Gasteiger charge is -2.23. The number of fused-ring (bicyclic) bond motifs is 1. The maximum atomic E-state index is 11.2. The van der Waals surface area contributed by atoms with Crippen LogP contribution in [0.25, 0.3) is 5.76 Å². The highest BCUT2D eigenvalue weighted by molar-refractivity contribution is 5.80. The van der Waals surface area contributed by atoms with Gasteiger partial charge in [-0.2, -0.15) is 0 Å². The number of hydrogen-bond acceptors (Lipinski definition) is 3. The molecule has 0 saturated heterocycles. The summed E-state index contributed by atoms with van der Waals surface area (Å²) < 4.78 is 11.6. The number of rotatable bonds is 3. The molecule has 1 aliphatic heterocycles. The molecule has 3 rings (SSSR count). The predicted octanol–water partition coefficient (Wildman–Crippen LogP) is 2.70. The number of benzene rings is 2. The second kappa shape index (κ2) is 5.09. The summed E-state index contributed by atoms with van der Waals surface area (Å²) in [4.78, 5) is 11.2. The fourth-order valence-electron chi connectivity index (χ4n) is 2.05. The van der Waals surface area contributed by atoms with Crippen molar-refractivity contribution >= 4 is 11.7 Å². The number of amides is 1. The Kier molecular flexibility index (Phi) is 3.13. The summed E-state index contributed by atoms with van der Waals surface area (Å²) in [5.74, 6) is 1.71. The van der Waals surface area contributed by atoms with Crippen LogP contribution in [-0.2, 0) is 4.79 Å². The van der Waals surface area contributed by atoms with Crippen molar-refractivity contribution in [1.82, 2.24) is 0 Å². The van der Waals surface area contributed by atoms with E-state index >= 15 is 0 Å². The van der Waals surface area contributed by atoms with Gasteiger partial charge in [-0.15, -0.1) is 0 Å². The van der Waals surface area contributed by atoms with Gasteiger partial charge in [0, 0.05) is 5.56 Å². The van der Waals surface area contributed by atoms with Crippen LogP contribution in [0.4, 0.5) is 0 Å². The van der Waals surface area contributed by atoms with Crippen molar-refractivity contribution in [3.8, 4) is 11.5 Å². The summed E-state index contributed by atoms with van der Waals surface area (Å²) in [6, 6.07) is 16.8. The monoisotopic (exact) mass is 267 g/mol. The lowest BCUT2D eigenvalue weighted by molar-refractivity contribution is -0.117. The molecule has 0 aromatic heterocycles. The number of primary amides is 1. The van der Waals surface area contributed by atoms with Crippen LogP contribution < -0.4 is 15.2 Å². The molecular weight excluding hydrogens is 254 g/mol. The van der Waals surface area contributed by atoms with Crippen LogP contribution in [0.5, 0.6) is 11.5 Å². The van der Waals surface area contributed by atoms with E-state index in [1.165, 1.54) is 0 Å². The van der Waals surface area contributed by atoms with Crippen LogP contribution in [0.1, 0.15) is 12.0 Å². The zero-order valence-electron chi connectivity index (χ0n) is 10.7. The Hall–Kier alpha value is -2.75. The summed E-state index contributed by atoms with van der Waals surface area (Å²) in [5, 5.41) is 0. The molecule has 0 fully saturated rings. The molecule has 0 aliphatic carbocycles. The van der Waals surface area contributed by atoms with E-state index in [1.807, 2.05) is 48.5 Å². The van der Waals surface area contributed by atoms with E-state index in [1.54, 1.807) is 6.07 Å². The summed E-state index contributed by atoms with van der Waals surface area (Å²) in [5.41, 5.74) is 6.12. The molecule has 1 aliphatic rings. The van der Waals surface area contributed by atoms with E-state index in [0.717, 1.165) is 5.56 Å². The Labute approximate surface area is 116 Å². The third kappa shape index (κ3) is 2.36. The lowest BCUT2D eigenvalue weighted by atomic mass is 10.1. The van der Waals surface area contributed by atoms with Gasteiger partial charge in [0.25, 0.3) is 0 Å². The van der Waals surface area contributed by atoms with E-state index in [4.69, 9.17) is 15.2 Å². The van der Waals surface area contributed by atoms with Crippen molar-refractivity contribution in [3.05, 3.63) is 65.9 Å². The van der Waals surface area contributed by atoms with Crippen LogP contribution in [0, 0.1) is 0 Å². The summed E-state index contributed by atoms with van der Waals surface area (Å²) in [7, 11) is 0. The first-order valence-electron chi connectivity index (χ1n) is 6.25. The fraction of sp³-hybridized carbons (Fsp3) is 0.0625. The van der Waals surface area contributed by atoms with Gasteiger partial charge in [0.1, 0.15) is 0 Å². The first kappa shape index (κ1) is 12.3. The molecular formula is C16H13NO3. The zero-order valence-corrected chi connectivity index (χ0v) is 10.7. The van der Waals surface area contributed by atoms with Gasteiger partial charge in [0.15, 0.2) is 23.0 Å². The van der Waals surface area contributed by atoms with Gasteiger partial charge in [-0.1, -0.05) is 42.5 Å². The van der Waals surface area contributed by atoms with Gasteiger partial charge in [-0.25, -0.2) is 0 Å². The maximum Gasteiger partial charge on any atom is 0.225 e. The first-order valence-corrected chi connectivity index (χ1v) is 6.25. The average molecular weight is 267 g/mol. The molecule has 4 nitrogen and oxygen atoms in total. The first-order chi connectivity index (χ1) is 9.74. The summed E-state index contributed by atoms with van der Waals surface area (Å²) in [6.07, 6.45) is -0.00143. The maximum absolute atomic E-state index is 11.2. The minimum Gasteiger partial charge on any atom is -0.453 e. The van der Waals surface area contributed by atoms with E-state index < -0.39 is 5.91 Å². The van der Waals surface area contributed by atoms with Gasteiger partial charge >= 0.3 is 0 Å². The molecule has 0 spiro atoms. The van der Waals surface area contributed by atoms with Gasteiger partial charge < -0.3 is 15.2 Å². The van der Waals surface area contributed by atoms with Crippen LogP contribution >= 0.6 is 0 Å². The summed E-state index contributed by atoms with van der Waals surface area (Å²) >= 11 is 0. The zero-order chi connectivity index (χ0) is 13.9. The normalized spacial score (nSPS) is 13.2. The Balaban J connectivity index is 2.06. The van der Waals surface area contributed by atoms with Gasteiger partial charge in [-0.3, -0.25) is 4.79 Å². The number of nitrogens with two attached hydrogens (primary N) is 1. The Bertz CT molecular complexity index is 677. The fourth-order valence-corrected chi connectivity index (χ4v) is 2.05. The van der Waals surface area contributed by atoms with Crippen molar-refractivity contribution < 1.29 is 14.3 Å². The van der Waals surface area contributed by atoms with E-state index in [-0.39, 0.29) is 6.42 Å². The highest BCUT2D eigenvalue weighted by atomic mass is 16.6. The third-order valence-corrected chi connectivity index (χ3v) is 2.92. The standard InChI is InChI=1S/C16H13NO3/c17-15(18)10-14-16(11-6-2-1-3-7-11)20-13-9-5-4-8-12(13)19-14/h1-9H,10H2,(H2,17,18). The molecule has 0 atom stereocenters. The second-order valence-electron chi connectivity index (χ2n) is 4.41. The quantitative estimate of drug-likeness (QED) is 0.930. The Morgan fingerprint density at radius 3 is 2.15 bits per heavy atom. The van der Waals surface area contributed by atoms with Crippen LogP contribution in [0.15, 0.2) is 60.4 Å². The predicted molar refractivity (Wildman–Crippen MR) is 74.9 cm³/mol. The molecule has 2 N–H and O–H groups in total. The molecule has 20 heavy (non-hydrogen) atoms. The highest BCUT2D eigenvalue weighted by Gasteiger charge is 2.23. The number of para-hydroxylation sites is 2. The van der Waals surface area contributed by atoms with Crippen molar-refractivity contribution in [2.45, 2.75) is 6.42 Å². The minimum absolute atomic E-state index is 0.00143. The van der Waals surface area contributed by atoms with Crippen LogP contribution in [-0.4, -0.2) is 5.91 Å². The lowest BCUT2D eigenvalue weighted by Crippen LogP contribution is -2.18. The van der Waals surface area contributed by atoms with E-state index in [0.29, 0.717) is 23.0 Å². The molecule has 2 aromatic rings. The molecule has 0 radical (unpaired) electrons. The average Bonchev–Trinajstić information content (AvgIpc) is 2.47. The van der Waals surface area contributed by atoms with Gasteiger partial charge in [-0.05, 0) is 12.1 Å². The number of hydrogen-bond donors (Lipinski definition) is 1. The third-order valence-electron chi connectivity index (χ3n) is 2.92. The van der Waals surface area contributed by atoms with Crippen molar-refractivity contribution in [3.63, 3.8) is 0 Å². The van der Waals surface area contributed by atoms with E-state index in [2.05, 4.69) is 0 Å². The van der Waals surface area contributed by atoms with Gasteiger partial charge in [0.2, 0.25) is 5.91 Å². The molecule has 100 valence electrons. The van der Waals surface area contributed by atoms with Crippen molar-refractivity contribution in [2.24, 2.45) is 5.73 Å². The number of carbonyl (C=O) groups excluding carboxylic acids is 1. The molecule has 0 unspecified atom stereocenters. The van der Waals surface area contributed by atoms with E-state index in [9.17, 15) is 4.79 Å². The molecule has 4 heteroatoms. The second-order valence-corrected chi connectivity index (χ2v) is 4.41. The number of carbonyl (C=O) groups is 1. The van der Waals surface area contributed by atoms with Crippen molar-refractivity contribution in [2.75, 3.05) is 0 Å². The number of ether oxygens (including phenoxy) is 2. The molecule has 0 saturated carbocycles. The molecule has 1 amide bonds. The van der Waals surface area contributed by atoms with Crippen LogP contribution in [0.2, 0.25) is 0 Å². The molecule has 1 heterocycles. The molecule has 2 aromatic carbocycles. The Morgan fingerprint density at radius 1 is 0.900 bits per heavy atom. The highest BCUT2D eigenvalue weighted by Crippen LogP contribution is 2.38.